The fourth-order valence-electron chi connectivity index (χ4n) is 4.38. The number of rotatable bonds is 7. The standard InChI is InChI=1S/C26H26ClN2O6P.2C2H8N2/c1-16-6-3-4-7-20(16)25(30)28-19-10-11-21(17(2)14-19)26(31)29-13-5-8-24(35-36(32,33)34)22-15-18(27)9-12-23(22)29;2*3-1-2-4/h3-4,6-7,9-12,14-15,24H,5,8,13H2,1-2H3,(H,28,30)(H2,32,33,34);2*1-4H2. The van der Waals surface area contributed by atoms with Crippen molar-refractivity contribution in [1.82, 2.24) is 0 Å². The average molecular weight is 649 g/mol. The highest BCUT2D eigenvalue weighted by molar-refractivity contribution is 7.46. The number of hydrogen-bond donors (Lipinski definition) is 7. The summed E-state index contributed by atoms with van der Waals surface area (Å²) in [4.78, 5) is 46.6. The van der Waals surface area contributed by atoms with Gasteiger partial charge in [-0.05, 0) is 80.3 Å². The highest BCUT2D eigenvalue weighted by Crippen LogP contribution is 2.47. The lowest BCUT2D eigenvalue weighted by atomic mass is 10.0. The molecule has 1 aliphatic rings. The molecule has 2 amide bonds. The van der Waals surface area contributed by atoms with E-state index >= 15 is 0 Å². The van der Waals surface area contributed by atoms with E-state index in [1.54, 1.807) is 60.4 Å². The van der Waals surface area contributed by atoms with E-state index in [0.29, 0.717) is 84.2 Å². The number of nitrogens with one attached hydrogen (secondary N) is 1. The number of fused-ring (bicyclic) bond motifs is 1. The first-order valence-electron chi connectivity index (χ1n) is 14.0. The highest BCUT2D eigenvalue weighted by atomic mass is 35.5. The molecule has 11 N–H and O–H groups in total. The molecule has 1 heterocycles. The third kappa shape index (κ3) is 11.1. The molecule has 0 saturated carbocycles. The molecule has 1 atom stereocenters. The van der Waals surface area contributed by atoms with Gasteiger partial charge in [-0.25, -0.2) is 4.57 Å². The van der Waals surface area contributed by atoms with Gasteiger partial charge in [-0.2, -0.15) is 0 Å². The van der Waals surface area contributed by atoms with Gasteiger partial charge < -0.3 is 42.9 Å². The molecule has 3 aromatic rings. The Morgan fingerprint density at radius 1 is 0.932 bits per heavy atom. The molecule has 44 heavy (non-hydrogen) atoms. The Kier molecular flexibility index (Phi) is 15.1. The topological polar surface area (TPSA) is 220 Å². The van der Waals surface area contributed by atoms with Crippen LogP contribution in [0.2, 0.25) is 5.02 Å². The number of nitrogens with zero attached hydrogens (tertiary/aromatic N) is 1. The predicted octanol–water partition coefficient (Wildman–Crippen LogP) is 3.61. The minimum Gasteiger partial charge on any atom is -0.329 e. The summed E-state index contributed by atoms with van der Waals surface area (Å²) in [6.07, 6.45) is -0.130. The van der Waals surface area contributed by atoms with E-state index in [4.69, 9.17) is 39.1 Å². The lowest BCUT2D eigenvalue weighted by Gasteiger charge is -2.25. The summed E-state index contributed by atoms with van der Waals surface area (Å²) in [6.45, 7) is 6.38. The number of halogens is 1. The third-order valence-electron chi connectivity index (χ3n) is 6.42. The second-order valence-corrected chi connectivity index (χ2v) is 11.5. The van der Waals surface area contributed by atoms with Crippen molar-refractivity contribution in [3.8, 4) is 0 Å². The zero-order chi connectivity index (χ0) is 32.9. The zero-order valence-corrected chi connectivity index (χ0v) is 26.6. The fraction of sp³-hybridized carbons (Fsp3) is 0.333. The molecular formula is C30H42ClN6O6P. The fourth-order valence-corrected chi connectivity index (χ4v) is 5.11. The largest absolute Gasteiger partial charge is 0.470 e. The summed E-state index contributed by atoms with van der Waals surface area (Å²) in [6, 6.07) is 17.2. The number of phosphoric ester groups is 1. The predicted molar refractivity (Wildman–Crippen MR) is 175 cm³/mol. The SMILES string of the molecule is Cc1ccccc1C(=O)Nc1ccc(C(=O)N2CCCC(OP(=O)(O)O)c3cc(Cl)ccc32)c(C)c1.NCCN.NCCN. The van der Waals surface area contributed by atoms with Gasteiger partial charge >= 0.3 is 7.82 Å². The lowest BCUT2D eigenvalue weighted by Crippen LogP contribution is -2.32. The Hall–Kier alpha value is -3.16. The maximum absolute atomic E-state index is 13.6. The van der Waals surface area contributed by atoms with Gasteiger partial charge in [0.15, 0.2) is 0 Å². The van der Waals surface area contributed by atoms with Crippen molar-refractivity contribution in [1.29, 1.82) is 0 Å². The van der Waals surface area contributed by atoms with Gasteiger partial charge in [-0.1, -0.05) is 29.8 Å². The Balaban J connectivity index is 0.000000754. The highest BCUT2D eigenvalue weighted by Gasteiger charge is 2.32. The Morgan fingerprint density at radius 2 is 1.57 bits per heavy atom. The molecule has 240 valence electrons. The minimum atomic E-state index is -4.76. The van der Waals surface area contributed by atoms with Crippen LogP contribution in [0, 0.1) is 13.8 Å². The molecule has 4 rings (SSSR count). The maximum Gasteiger partial charge on any atom is 0.470 e. The maximum atomic E-state index is 13.6. The van der Waals surface area contributed by atoms with Gasteiger partial charge in [-0.15, -0.1) is 0 Å². The van der Waals surface area contributed by atoms with E-state index in [9.17, 15) is 23.9 Å². The molecule has 0 saturated heterocycles. The number of nitrogens with two attached hydrogens (primary N) is 4. The number of carbonyl (C=O) groups is 2. The summed E-state index contributed by atoms with van der Waals surface area (Å²) < 4.78 is 16.6. The molecule has 1 aliphatic heterocycles. The van der Waals surface area contributed by atoms with Crippen LogP contribution in [0.4, 0.5) is 11.4 Å². The third-order valence-corrected chi connectivity index (χ3v) is 7.19. The van der Waals surface area contributed by atoms with Crippen molar-refractivity contribution in [3.63, 3.8) is 0 Å². The van der Waals surface area contributed by atoms with E-state index < -0.39 is 13.9 Å². The monoisotopic (exact) mass is 648 g/mol. The molecule has 0 fully saturated rings. The molecular weight excluding hydrogens is 607 g/mol. The smallest absolute Gasteiger partial charge is 0.329 e. The van der Waals surface area contributed by atoms with Crippen molar-refractivity contribution in [3.05, 3.63) is 93.5 Å². The summed E-state index contributed by atoms with van der Waals surface area (Å²) in [7, 11) is -4.76. The number of anilines is 2. The number of benzene rings is 3. The van der Waals surface area contributed by atoms with E-state index in [2.05, 4.69) is 5.32 Å². The van der Waals surface area contributed by atoms with Gasteiger partial charge in [0.1, 0.15) is 0 Å². The Morgan fingerprint density at radius 3 is 2.14 bits per heavy atom. The quantitative estimate of drug-likeness (QED) is 0.184. The molecule has 3 aromatic carbocycles. The first-order chi connectivity index (χ1) is 20.9. The van der Waals surface area contributed by atoms with Crippen LogP contribution in [0.15, 0.2) is 60.7 Å². The number of carbonyl (C=O) groups excluding carboxylic acids is 2. The lowest BCUT2D eigenvalue weighted by molar-refractivity contribution is 0.0984. The second kappa shape index (κ2) is 18.0. The van der Waals surface area contributed by atoms with Crippen molar-refractivity contribution in [2.24, 2.45) is 22.9 Å². The first kappa shape index (κ1) is 37.0. The molecule has 0 spiro atoms. The molecule has 0 aromatic heterocycles. The summed E-state index contributed by atoms with van der Waals surface area (Å²) in [5, 5.41) is 3.24. The molecule has 0 bridgehead atoms. The second-order valence-electron chi connectivity index (χ2n) is 9.84. The van der Waals surface area contributed by atoms with Crippen LogP contribution in [-0.4, -0.2) is 54.3 Å². The first-order valence-corrected chi connectivity index (χ1v) is 15.9. The van der Waals surface area contributed by atoms with Gasteiger partial charge in [0.05, 0.1) is 6.10 Å². The normalized spacial score (nSPS) is 14.2. The average Bonchev–Trinajstić information content (AvgIpc) is 3.15. The van der Waals surface area contributed by atoms with E-state index in [0.717, 1.165) is 5.56 Å². The summed E-state index contributed by atoms with van der Waals surface area (Å²) >= 11 is 6.16. The molecule has 1 unspecified atom stereocenters. The van der Waals surface area contributed by atoms with Gasteiger partial charge in [0.2, 0.25) is 0 Å². The Labute approximate surface area is 262 Å². The van der Waals surface area contributed by atoms with Crippen LogP contribution >= 0.6 is 19.4 Å². The molecule has 0 radical (unpaired) electrons. The summed E-state index contributed by atoms with van der Waals surface area (Å²) in [5.74, 6) is -0.509. The van der Waals surface area contributed by atoms with Crippen LogP contribution in [0.25, 0.3) is 0 Å². The van der Waals surface area contributed by atoms with Gasteiger partial charge in [0, 0.05) is 65.8 Å². The molecule has 0 aliphatic carbocycles. The van der Waals surface area contributed by atoms with Crippen LogP contribution < -0.4 is 33.2 Å². The minimum absolute atomic E-state index is 0.235. The summed E-state index contributed by atoms with van der Waals surface area (Å²) in [5.41, 5.74) is 23.6. The van der Waals surface area contributed by atoms with Crippen LogP contribution in [0.5, 0.6) is 0 Å². The van der Waals surface area contributed by atoms with Crippen molar-refractivity contribution in [2.45, 2.75) is 32.8 Å². The van der Waals surface area contributed by atoms with E-state index in [-0.39, 0.29) is 11.8 Å². The van der Waals surface area contributed by atoms with Crippen LogP contribution in [-0.2, 0) is 9.09 Å². The van der Waals surface area contributed by atoms with Crippen molar-refractivity contribution < 1.29 is 28.5 Å². The molecule has 12 nitrogen and oxygen atoms in total. The van der Waals surface area contributed by atoms with E-state index in [1.807, 2.05) is 19.1 Å². The molecule has 14 heteroatoms. The Bertz CT molecular complexity index is 1450. The van der Waals surface area contributed by atoms with Crippen LogP contribution in [0.1, 0.15) is 56.4 Å². The van der Waals surface area contributed by atoms with Crippen molar-refractivity contribution >= 4 is 42.6 Å². The number of amides is 2. The number of hydrogen-bond acceptors (Lipinski definition) is 8. The number of aryl methyl sites for hydroxylation is 2. The van der Waals surface area contributed by atoms with Gasteiger partial charge in [-0.3, -0.25) is 14.1 Å². The zero-order valence-electron chi connectivity index (χ0n) is 24.9. The van der Waals surface area contributed by atoms with Gasteiger partial charge in [0.25, 0.3) is 11.8 Å². The van der Waals surface area contributed by atoms with Crippen molar-refractivity contribution in [2.75, 3.05) is 42.9 Å². The number of phosphoric acid groups is 1. The van der Waals surface area contributed by atoms with Crippen LogP contribution in [0.3, 0.4) is 0 Å². The van der Waals surface area contributed by atoms with E-state index in [1.165, 1.54) is 0 Å².